The summed E-state index contributed by atoms with van der Waals surface area (Å²) in [5.74, 6) is 0.917. The number of nitrogens with one attached hydrogen (secondary N) is 2. The van der Waals surface area contributed by atoms with Crippen LogP contribution in [0.25, 0.3) is 0 Å². The van der Waals surface area contributed by atoms with Crippen molar-refractivity contribution in [2.75, 3.05) is 27.3 Å². The molecule has 7 heteroatoms. The van der Waals surface area contributed by atoms with E-state index in [0.717, 1.165) is 31.6 Å². The number of hydrogen-bond donors (Lipinski definition) is 2. The van der Waals surface area contributed by atoms with Gasteiger partial charge < -0.3 is 20.1 Å². The second-order valence-corrected chi connectivity index (χ2v) is 7.82. The fraction of sp³-hybridized carbons (Fsp3) is 0.458. The van der Waals surface area contributed by atoms with Gasteiger partial charge in [-0.15, -0.1) is 24.0 Å². The van der Waals surface area contributed by atoms with Crippen molar-refractivity contribution in [2.45, 2.75) is 38.8 Å². The lowest BCUT2D eigenvalue weighted by Gasteiger charge is -2.33. The molecule has 0 amide bonds. The number of hydrogen-bond acceptors (Lipinski definition) is 3. The predicted molar refractivity (Wildman–Crippen MR) is 134 cm³/mol. The monoisotopic (exact) mass is 541 g/mol. The normalized spacial score (nSPS) is 19.8. The average molecular weight is 541 g/mol. The summed E-state index contributed by atoms with van der Waals surface area (Å²) < 4.78 is 25.1. The van der Waals surface area contributed by atoms with Crippen molar-refractivity contribution < 1.29 is 13.9 Å². The third-order valence-electron chi connectivity index (χ3n) is 5.64. The van der Waals surface area contributed by atoms with Crippen LogP contribution in [-0.2, 0) is 4.74 Å². The summed E-state index contributed by atoms with van der Waals surface area (Å²) in [4.78, 5) is 4.34. The number of aliphatic imine (C=N–C) groups is 1. The highest BCUT2D eigenvalue weighted by atomic mass is 127. The Morgan fingerprint density at radius 2 is 2.00 bits per heavy atom. The zero-order chi connectivity index (χ0) is 21.5. The van der Waals surface area contributed by atoms with Crippen molar-refractivity contribution in [3.05, 3.63) is 65.0 Å². The summed E-state index contributed by atoms with van der Waals surface area (Å²) in [5, 5.41) is 6.77. The standard InChI is InChI=1S/C24H32FN3O2.HI/c1-16-7-9-18(10-8-16)23-20(6-5-13-30-23)15-27-24(26-3)28-17(2)19-11-12-22(29-4)21(25)14-19;/h7-12,14,17,20,23H,5-6,13,15H2,1-4H3,(H2,26,27,28);1H. The topological polar surface area (TPSA) is 54.9 Å². The molecular formula is C24H33FIN3O2. The smallest absolute Gasteiger partial charge is 0.191 e. The fourth-order valence-electron chi connectivity index (χ4n) is 3.84. The highest BCUT2D eigenvalue weighted by Crippen LogP contribution is 2.33. The predicted octanol–water partition coefficient (Wildman–Crippen LogP) is 5.15. The Balaban J connectivity index is 0.00000341. The van der Waals surface area contributed by atoms with Crippen LogP contribution in [0.5, 0.6) is 5.75 Å². The number of halogens is 2. The van der Waals surface area contributed by atoms with Gasteiger partial charge in [-0.1, -0.05) is 35.9 Å². The van der Waals surface area contributed by atoms with Crippen LogP contribution in [0.3, 0.4) is 0 Å². The van der Waals surface area contributed by atoms with Crippen LogP contribution in [0.2, 0.25) is 0 Å². The van der Waals surface area contributed by atoms with Crippen molar-refractivity contribution in [1.82, 2.24) is 10.6 Å². The van der Waals surface area contributed by atoms with Gasteiger partial charge in [0.1, 0.15) is 0 Å². The lowest BCUT2D eigenvalue weighted by Crippen LogP contribution is -2.42. The van der Waals surface area contributed by atoms with E-state index in [1.165, 1.54) is 24.3 Å². The number of nitrogens with zero attached hydrogens (tertiary/aromatic N) is 1. The van der Waals surface area contributed by atoms with Crippen molar-refractivity contribution in [3.63, 3.8) is 0 Å². The van der Waals surface area contributed by atoms with Gasteiger partial charge in [-0.25, -0.2) is 4.39 Å². The third-order valence-corrected chi connectivity index (χ3v) is 5.64. The molecule has 2 aromatic carbocycles. The van der Waals surface area contributed by atoms with Crippen LogP contribution in [0.15, 0.2) is 47.5 Å². The van der Waals surface area contributed by atoms with Gasteiger partial charge in [0, 0.05) is 26.1 Å². The first-order chi connectivity index (χ1) is 14.5. The number of rotatable bonds is 6. The van der Waals surface area contributed by atoms with Gasteiger partial charge in [0.2, 0.25) is 0 Å². The number of benzene rings is 2. The largest absolute Gasteiger partial charge is 0.494 e. The maximum atomic E-state index is 14.0. The van der Waals surface area contributed by atoms with E-state index in [9.17, 15) is 4.39 Å². The van der Waals surface area contributed by atoms with Crippen LogP contribution < -0.4 is 15.4 Å². The van der Waals surface area contributed by atoms with E-state index in [4.69, 9.17) is 9.47 Å². The molecule has 2 aromatic rings. The molecule has 0 spiro atoms. The van der Waals surface area contributed by atoms with Gasteiger partial charge in [-0.3, -0.25) is 4.99 Å². The number of aryl methyl sites for hydroxylation is 1. The molecule has 5 nitrogen and oxygen atoms in total. The molecule has 0 radical (unpaired) electrons. The molecule has 31 heavy (non-hydrogen) atoms. The second-order valence-electron chi connectivity index (χ2n) is 7.82. The van der Waals surface area contributed by atoms with Gasteiger partial charge in [-0.2, -0.15) is 0 Å². The molecule has 1 saturated heterocycles. The van der Waals surface area contributed by atoms with Crippen molar-refractivity contribution in [2.24, 2.45) is 10.9 Å². The van der Waals surface area contributed by atoms with Gasteiger partial charge >= 0.3 is 0 Å². The Hall–Kier alpha value is -1.87. The minimum Gasteiger partial charge on any atom is -0.494 e. The minimum absolute atomic E-state index is 0. The van der Waals surface area contributed by atoms with Crippen molar-refractivity contribution in [3.8, 4) is 5.75 Å². The van der Waals surface area contributed by atoms with Crippen molar-refractivity contribution >= 4 is 29.9 Å². The molecule has 3 atom stereocenters. The molecule has 0 aromatic heterocycles. The first-order valence-corrected chi connectivity index (χ1v) is 10.5. The Bertz CT molecular complexity index is 860. The molecule has 1 fully saturated rings. The second kappa shape index (κ2) is 12.2. The first kappa shape index (κ1) is 25.4. The van der Waals surface area contributed by atoms with Crippen LogP contribution >= 0.6 is 24.0 Å². The highest BCUT2D eigenvalue weighted by Gasteiger charge is 2.27. The van der Waals surface area contributed by atoms with Gasteiger partial charge in [0.25, 0.3) is 0 Å². The zero-order valence-corrected chi connectivity index (χ0v) is 21.0. The Morgan fingerprint density at radius 3 is 2.65 bits per heavy atom. The van der Waals surface area contributed by atoms with E-state index < -0.39 is 0 Å². The molecule has 1 aliphatic rings. The fourth-order valence-corrected chi connectivity index (χ4v) is 3.84. The molecule has 0 aliphatic carbocycles. The molecule has 0 bridgehead atoms. The van der Waals surface area contributed by atoms with Crippen LogP contribution in [0.4, 0.5) is 4.39 Å². The highest BCUT2D eigenvalue weighted by molar-refractivity contribution is 14.0. The van der Waals surface area contributed by atoms with Crippen LogP contribution in [0.1, 0.15) is 48.6 Å². The van der Waals surface area contributed by atoms with Gasteiger partial charge in [-0.05, 0) is 49.9 Å². The third kappa shape index (κ3) is 6.80. The van der Waals surface area contributed by atoms with E-state index >= 15 is 0 Å². The lowest BCUT2D eigenvalue weighted by molar-refractivity contribution is -0.0265. The quantitative estimate of drug-likeness (QED) is 0.302. The van der Waals surface area contributed by atoms with E-state index in [1.807, 2.05) is 13.0 Å². The summed E-state index contributed by atoms with van der Waals surface area (Å²) in [6.07, 6.45) is 2.24. The average Bonchev–Trinajstić information content (AvgIpc) is 2.77. The van der Waals surface area contributed by atoms with Crippen LogP contribution in [0, 0.1) is 18.7 Å². The molecule has 1 aliphatic heterocycles. The van der Waals surface area contributed by atoms with E-state index in [-0.39, 0.29) is 47.7 Å². The summed E-state index contributed by atoms with van der Waals surface area (Å²) in [6, 6.07) is 13.5. The Morgan fingerprint density at radius 1 is 1.26 bits per heavy atom. The maximum Gasteiger partial charge on any atom is 0.191 e. The van der Waals surface area contributed by atoms with Gasteiger partial charge in [0.05, 0.1) is 19.3 Å². The summed E-state index contributed by atoms with van der Waals surface area (Å²) in [6.45, 7) is 5.62. The number of ether oxygens (including phenoxy) is 2. The van der Waals surface area contributed by atoms with Gasteiger partial charge in [0.15, 0.2) is 17.5 Å². The molecule has 1 heterocycles. The number of methoxy groups -OCH3 is 1. The lowest BCUT2D eigenvalue weighted by atomic mass is 9.89. The first-order valence-electron chi connectivity index (χ1n) is 10.5. The Kier molecular flexibility index (Phi) is 10.0. The summed E-state index contributed by atoms with van der Waals surface area (Å²) >= 11 is 0. The van der Waals surface area contributed by atoms with Crippen LogP contribution in [-0.4, -0.2) is 33.3 Å². The molecule has 2 N–H and O–H groups in total. The maximum absolute atomic E-state index is 14.0. The molecule has 0 saturated carbocycles. The van der Waals surface area contributed by atoms with E-state index in [0.29, 0.717) is 11.9 Å². The van der Waals surface area contributed by atoms with E-state index in [2.05, 4.69) is 46.8 Å². The Labute approximate surface area is 201 Å². The van der Waals surface area contributed by atoms with E-state index in [1.54, 1.807) is 13.1 Å². The number of guanidine groups is 1. The molecule has 3 rings (SSSR count). The summed E-state index contributed by atoms with van der Waals surface area (Å²) in [7, 11) is 3.20. The minimum atomic E-state index is -0.369. The SMILES string of the molecule is CN=C(NCC1CCCOC1c1ccc(C)cc1)NC(C)c1ccc(OC)c(F)c1.I. The molecule has 170 valence electrons. The van der Waals surface area contributed by atoms with Crippen molar-refractivity contribution in [1.29, 1.82) is 0 Å². The molecule has 3 unspecified atom stereocenters. The molecular weight excluding hydrogens is 508 g/mol. The zero-order valence-electron chi connectivity index (χ0n) is 18.7. The summed E-state index contributed by atoms with van der Waals surface area (Å²) in [5.41, 5.74) is 3.30.